The molecule has 3 aromatic rings. The number of aromatic amines is 1. The second-order valence-corrected chi connectivity index (χ2v) is 4.75. The molecule has 96 valence electrons. The molecule has 19 heavy (non-hydrogen) atoms. The first kappa shape index (κ1) is 11.7. The normalized spacial score (nSPS) is 10.8. The molecule has 0 aliphatic heterocycles. The van der Waals surface area contributed by atoms with Gasteiger partial charge in [-0.3, -0.25) is 0 Å². The van der Waals surface area contributed by atoms with E-state index >= 15 is 0 Å². The number of carbonyl (C=O) groups is 1. The summed E-state index contributed by atoms with van der Waals surface area (Å²) in [5.41, 5.74) is 1.22. The van der Waals surface area contributed by atoms with Gasteiger partial charge >= 0.3 is 5.97 Å². The molecule has 0 aliphatic rings. The Balaban J connectivity index is 2.08. The fourth-order valence-electron chi connectivity index (χ4n) is 1.68. The predicted octanol–water partition coefficient (Wildman–Crippen LogP) is 2.39. The number of hydrogen-bond acceptors (Lipinski definition) is 5. The topological polar surface area (TPSA) is 88.1 Å². The Morgan fingerprint density at radius 3 is 3.00 bits per heavy atom. The number of methoxy groups -OCH3 is 1. The van der Waals surface area contributed by atoms with Crippen molar-refractivity contribution in [2.45, 2.75) is 0 Å². The third-order valence-corrected chi connectivity index (χ3v) is 3.54. The minimum atomic E-state index is -1.01. The molecule has 0 fully saturated rings. The number of imidazole rings is 1. The van der Waals surface area contributed by atoms with Crippen LogP contribution >= 0.6 is 11.3 Å². The Morgan fingerprint density at radius 1 is 1.47 bits per heavy atom. The highest BCUT2D eigenvalue weighted by Crippen LogP contribution is 2.30. The van der Waals surface area contributed by atoms with Gasteiger partial charge in [0.15, 0.2) is 11.5 Å². The molecule has 2 N–H and O–H groups in total. The number of carboxylic acid groups (broad SMARTS) is 1. The Morgan fingerprint density at radius 2 is 2.32 bits per heavy atom. The van der Waals surface area contributed by atoms with Crippen LogP contribution in [0.3, 0.4) is 0 Å². The number of rotatable bonds is 3. The van der Waals surface area contributed by atoms with Gasteiger partial charge in [0.05, 0.1) is 23.1 Å². The number of nitrogens with zero attached hydrogens (tertiary/aromatic N) is 2. The minimum Gasteiger partial charge on any atom is -0.496 e. The van der Waals surface area contributed by atoms with E-state index in [1.54, 1.807) is 7.11 Å². The maximum atomic E-state index is 10.9. The smallest absolute Gasteiger partial charge is 0.337 e. The summed E-state index contributed by atoms with van der Waals surface area (Å²) < 4.78 is 5.12. The number of aromatic nitrogens is 3. The number of pyridine rings is 1. The molecule has 3 aromatic heterocycles. The summed E-state index contributed by atoms with van der Waals surface area (Å²) in [7, 11) is 1.60. The highest BCUT2D eigenvalue weighted by Gasteiger charge is 2.11. The Kier molecular flexibility index (Phi) is 2.68. The lowest BCUT2D eigenvalue weighted by Crippen LogP contribution is -1.96. The van der Waals surface area contributed by atoms with Crippen LogP contribution in [-0.2, 0) is 0 Å². The van der Waals surface area contributed by atoms with Gasteiger partial charge in [-0.2, -0.15) is 0 Å². The fraction of sp³-hybridized carbons (Fsp3) is 0.0833. The van der Waals surface area contributed by atoms with E-state index in [0.29, 0.717) is 17.0 Å². The van der Waals surface area contributed by atoms with Crippen LogP contribution in [0.1, 0.15) is 10.4 Å². The van der Waals surface area contributed by atoms with Crippen molar-refractivity contribution in [2.24, 2.45) is 0 Å². The summed E-state index contributed by atoms with van der Waals surface area (Å²) in [6, 6.07) is 3.38. The number of nitrogens with one attached hydrogen (secondary N) is 1. The summed E-state index contributed by atoms with van der Waals surface area (Å²) in [5.74, 6) is 0.404. The van der Waals surface area contributed by atoms with Crippen LogP contribution in [0.4, 0.5) is 0 Å². The van der Waals surface area contributed by atoms with Crippen molar-refractivity contribution in [1.29, 1.82) is 0 Å². The van der Waals surface area contributed by atoms with Gasteiger partial charge < -0.3 is 14.8 Å². The fourth-order valence-corrected chi connectivity index (χ4v) is 2.48. The van der Waals surface area contributed by atoms with Crippen molar-refractivity contribution < 1.29 is 14.6 Å². The molecule has 6 nitrogen and oxygen atoms in total. The van der Waals surface area contributed by atoms with Crippen molar-refractivity contribution in [2.75, 3.05) is 7.11 Å². The van der Waals surface area contributed by atoms with E-state index in [-0.39, 0.29) is 5.56 Å². The molecule has 7 heteroatoms. The number of hydrogen-bond donors (Lipinski definition) is 2. The van der Waals surface area contributed by atoms with Crippen LogP contribution in [0.5, 0.6) is 5.75 Å². The molecule has 3 rings (SSSR count). The first-order valence-corrected chi connectivity index (χ1v) is 6.27. The van der Waals surface area contributed by atoms with Crippen LogP contribution in [0, 0.1) is 0 Å². The predicted molar refractivity (Wildman–Crippen MR) is 70.7 cm³/mol. The van der Waals surface area contributed by atoms with E-state index in [2.05, 4.69) is 15.0 Å². The zero-order valence-electron chi connectivity index (χ0n) is 9.88. The summed E-state index contributed by atoms with van der Waals surface area (Å²) >= 11 is 1.49. The minimum absolute atomic E-state index is 0.131. The zero-order valence-corrected chi connectivity index (χ0v) is 10.7. The van der Waals surface area contributed by atoms with Gasteiger partial charge in [-0.25, -0.2) is 14.8 Å². The molecule has 0 bridgehead atoms. The monoisotopic (exact) mass is 275 g/mol. The average Bonchev–Trinajstić information content (AvgIpc) is 3.03. The standard InChI is InChI=1S/C12H9N3O3S/c1-18-7-3-9(19-5-7)11-14-8-2-6(12(16)17)4-13-10(8)15-11/h2-5H,1H3,(H,16,17)(H,13,14,15). The number of H-pyrrole nitrogens is 1. The third-order valence-electron chi connectivity index (χ3n) is 2.63. The Hall–Kier alpha value is -2.41. The van der Waals surface area contributed by atoms with Crippen molar-refractivity contribution >= 4 is 28.5 Å². The maximum absolute atomic E-state index is 10.9. The zero-order chi connectivity index (χ0) is 13.4. The van der Waals surface area contributed by atoms with Gasteiger partial charge in [0, 0.05) is 17.6 Å². The van der Waals surface area contributed by atoms with Crippen LogP contribution in [0.2, 0.25) is 0 Å². The maximum Gasteiger partial charge on any atom is 0.337 e. The molecule has 0 saturated heterocycles. The van der Waals surface area contributed by atoms with Gasteiger partial charge in [-0.05, 0) is 6.07 Å². The van der Waals surface area contributed by atoms with Crippen LogP contribution in [0.15, 0.2) is 23.7 Å². The lowest BCUT2D eigenvalue weighted by atomic mass is 10.3. The number of ether oxygens (including phenoxy) is 1. The highest BCUT2D eigenvalue weighted by atomic mass is 32.1. The molecule has 0 spiro atoms. The summed E-state index contributed by atoms with van der Waals surface area (Å²) in [6.45, 7) is 0. The first-order valence-electron chi connectivity index (χ1n) is 5.39. The molecule has 0 aromatic carbocycles. The number of thiophene rings is 1. The van der Waals surface area contributed by atoms with Crippen molar-refractivity contribution in [1.82, 2.24) is 15.0 Å². The molecule has 0 saturated carbocycles. The molecule has 0 atom stereocenters. The van der Waals surface area contributed by atoms with Gasteiger partial charge in [-0.15, -0.1) is 11.3 Å². The van der Waals surface area contributed by atoms with E-state index in [9.17, 15) is 4.79 Å². The van der Waals surface area contributed by atoms with Crippen molar-refractivity contribution in [3.8, 4) is 16.5 Å². The molecule has 0 unspecified atom stereocenters. The Labute approximate surface area is 111 Å². The molecular weight excluding hydrogens is 266 g/mol. The lowest BCUT2D eigenvalue weighted by Gasteiger charge is -1.91. The molecule has 3 heterocycles. The van der Waals surface area contributed by atoms with Crippen LogP contribution < -0.4 is 4.74 Å². The second kappa shape index (κ2) is 4.36. The quantitative estimate of drug-likeness (QED) is 0.766. The first-order chi connectivity index (χ1) is 9.17. The third kappa shape index (κ3) is 2.04. The van der Waals surface area contributed by atoms with E-state index < -0.39 is 5.97 Å². The molecule has 0 aliphatic carbocycles. The van der Waals surface area contributed by atoms with Crippen LogP contribution in [-0.4, -0.2) is 33.1 Å². The Bertz CT molecular complexity index is 763. The van der Waals surface area contributed by atoms with Gasteiger partial charge in [0.25, 0.3) is 0 Å². The largest absolute Gasteiger partial charge is 0.496 e. The van der Waals surface area contributed by atoms with Crippen LogP contribution in [0.25, 0.3) is 21.9 Å². The van der Waals surface area contributed by atoms with Gasteiger partial charge in [0.1, 0.15) is 5.75 Å². The summed E-state index contributed by atoms with van der Waals surface area (Å²) in [4.78, 5) is 23.2. The van der Waals surface area contributed by atoms with Crippen molar-refractivity contribution in [3.63, 3.8) is 0 Å². The highest BCUT2D eigenvalue weighted by molar-refractivity contribution is 7.13. The lowest BCUT2D eigenvalue weighted by molar-refractivity contribution is 0.0696. The van der Waals surface area contributed by atoms with Gasteiger partial charge in [-0.1, -0.05) is 0 Å². The van der Waals surface area contributed by atoms with E-state index in [4.69, 9.17) is 9.84 Å². The number of carboxylic acids is 1. The summed E-state index contributed by atoms with van der Waals surface area (Å²) in [6.07, 6.45) is 1.30. The van der Waals surface area contributed by atoms with E-state index in [0.717, 1.165) is 10.6 Å². The van der Waals surface area contributed by atoms with E-state index in [1.165, 1.54) is 23.6 Å². The van der Waals surface area contributed by atoms with Crippen molar-refractivity contribution in [3.05, 3.63) is 29.3 Å². The molecular formula is C12H9N3O3S. The number of fused-ring (bicyclic) bond motifs is 1. The summed E-state index contributed by atoms with van der Waals surface area (Å²) in [5, 5.41) is 10.8. The second-order valence-electron chi connectivity index (χ2n) is 3.84. The SMILES string of the molecule is COc1csc(-c2nc3ncc(C(=O)O)cc3[nH]2)c1. The average molecular weight is 275 g/mol. The van der Waals surface area contributed by atoms with Gasteiger partial charge in [0.2, 0.25) is 0 Å². The number of aromatic carboxylic acids is 1. The molecule has 0 amide bonds. The van der Waals surface area contributed by atoms with E-state index in [1.807, 2.05) is 11.4 Å². The molecule has 0 radical (unpaired) electrons.